The Balaban J connectivity index is 1.86. The fourth-order valence-electron chi connectivity index (χ4n) is 3.56. The van der Waals surface area contributed by atoms with Gasteiger partial charge in [0, 0.05) is 31.2 Å². The number of ether oxygens (including phenoxy) is 2. The molecule has 1 aliphatic heterocycles. The maximum atomic E-state index is 13.5. The Bertz CT molecular complexity index is 483. The van der Waals surface area contributed by atoms with Crippen LogP contribution in [0.2, 0.25) is 0 Å². The van der Waals surface area contributed by atoms with Gasteiger partial charge in [-0.25, -0.2) is 4.39 Å². The second kappa shape index (κ2) is 5.34. The van der Waals surface area contributed by atoms with Crippen molar-refractivity contribution in [3.8, 4) is 5.75 Å². The van der Waals surface area contributed by atoms with E-state index < -0.39 is 0 Å². The summed E-state index contributed by atoms with van der Waals surface area (Å²) < 4.78 is 25.1. The van der Waals surface area contributed by atoms with Crippen LogP contribution in [-0.4, -0.2) is 25.9 Å². The quantitative estimate of drug-likeness (QED) is 0.902. The predicted molar refractivity (Wildman–Crippen MR) is 75.4 cm³/mol. The lowest BCUT2D eigenvalue weighted by Gasteiger charge is -2.45. The number of halogens is 1. The summed E-state index contributed by atoms with van der Waals surface area (Å²) in [6.07, 6.45) is 5.25. The Morgan fingerprint density at radius 1 is 1.35 bits per heavy atom. The van der Waals surface area contributed by atoms with Crippen LogP contribution in [0, 0.1) is 5.82 Å². The van der Waals surface area contributed by atoms with Crippen molar-refractivity contribution in [1.82, 2.24) is 5.32 Å². The third-order valence-corrected chi connectivity index (χ3v) is 4.78. The molecule has 3 nitrogen and oxygen atoms in total. The molecule has 0 saturated heterocycles. The third-order valence-electron chi connectivity index (χ3n) is 4.78. The molecule has 1 unspecified atom stereocenters. The van der Waals surface area contributed by atoms with Crippen LogP contribution in [-0.2, 0) is 4.74 Å². The number of hydrogen-bond acceptors (Lipinski definition) is 3. The molecule has 4 heteroatoms. The molecule has 1 heterocycles. The van der Waals surface area contributed by atoms with Gasteiger partial charge >= 0.3 is 0 Å². The molecule has 0 aromatic heterocycles. The molecule has 20 heavy (non-hydrogen) atoms. The Morgan fingerprint density at radius 3 is 2.75 bits per heavy atom. The first-order valence-electron chi connectivity index (χ1n) is 7.34. The van der Waals surface area contributed by atoms with E-state index >= 15 is 0 Å². The molecule has 1 atom stereocenters. The molecule has 3 rings (SSSR count). The summed E-state index contributed by atoms with van der Waals surface area (Å²) in [6.45, 7) is 0. The number of rotatable bonds is 2. The lowest BCUT2D eigenvalue weighted by atomic mass is 9.76. The van der Waals surface area contributed by atoms with Crippen LogP contribution in [0.25, 0.3) is 0 Å². The number of methoxy groups -OCH3 is 1. The normalized spacial score (nSPS) is 32.8. The smallest absolute Gasteiger partial charge is 0.127 e. The summed E-state index contributed by atoms with van der Waals surface area (Å²) in [5.41, 5.74) is 0.900. The molecule has 1 aliphatic carbocycles. The topological polar surface area (TPSA) is 30.5 Å². The highest BCUT2D eigenvalue weighted by Gasteiger charge is 2.43. The first kappa shape index (κ1) is 13.8. The van der Waals surface area contributed by atoms with Crippen LogP contribution in [0.4, 0.5) is 4.39 Å². The zero-order valence-corrected chi connectivity index (χ0v) is 12.1. The van der Waals surface area contributed by atoms with Crippen molar-refractivity contribution in [3.05, 3.63) is 29.6 Å². The van der Waals surface area contributed by atoms with E-state index in [4.69, 9.17) is 9.47 Å². The van der Waals surface area contributed by atoms with Crippen LogP contribution < -0.4 is 10.1 Å². The minimum Gasteiger partial charge on any atom is -0.487 e. The maximum absolute atomic E-state index is 13.5. The number of nitrogens with one attached hydrogen (secondary N) is 1. The van der Waals surface area contributed by atoms with E-state index in [9.17, 15) is 4.39 Å². The van der Waals surface area contributed by atoms with Crippen molar-refractivity contribution in [1.29, 1.82) is 0 Å². The minimum absolute atomic E-state index is 0.163. The lowest BCUT2D eigenvalue weighted by Crippen LogP contribution is -2.47. The molecule has 2 aliphatic rings. The zero-order chi connectivity index (χ0) is 14.2. The molecule has 1 saturated carbocycles. The fraction of sp³-hybridized carbons (Fsp3) is 0.625. The molecule has 1 spiro atoms. The van der Waals surface area contributed by atoms with Gasteiger partial charge in [0.1, 0.15) is 17.2 Å². The van der Waals surface area contributed by atoms with E-state index in [1.807, 2.05) is 13.1 Å². The summed E-state index contributed by atoms with van der Waals surface area (Å²) in [6, 6.07) is 5.09. The summed E-state index contributed by atoms with van der Waals surface area (Å²) in [5, 5.41) is 3.34. The van der Waals surface area contributed by atoms with E-state index in [0.29, 0.717) is 11.9 Å². The first-order chi connectivity index (χ1) is 9.65. The predicted octanol–water partition coefficient (Wildman–Crippen LogP) is 3.20. The number of hydrogen-bond donors (Lipinski definition) is 1. The molecule has 1 fully saturated rings. The highest BCUT2D eigenvalue weighted by Crippen LogP contribution is 2.46. The first-order valence-corrected chi connectivity index (χ1v) is 7.34. The Morgan fingerprint density at radius 2 is 2.10 bits per heavy atom. The van der Waals surface area contributed by atoms with E-state index in [1.54, 1.807) is 7.11 Å². The summed E-state index contributed by atoms with van der Waals surface area (Å²) in [7, 11) is 3.73. The van der Waals surface area contributed by atoms with Crippen molar-refractivity contribution in [2.24, 2.45) is 0 Å². The molecule has 1 N–H and O–H groups in total. The van der Waals surface area contributed by atoms with Crippen molar-refractivity contribution in [2.45, 2.75) is 49.9 Å². The van der Waals surface area contributed by atoms with Gasteiger partial charge in [-0.2, -0.15) is 0 Å². The average molecular weight is 279 g/mol. The second-order valence-corrected chi connectivity index (χ2v) is 5.95. The van der Waals surface area contributed by atoms with Crippen molar-refractivity contribution in [2.75, 3.05) is 14.2 Å². The number of fused-ring (bicyclic) bond motifs is 1. The van der Waals surface area contributed by atoms with Crippen molar-refractivity contribution >= 4 is 0 Å². The molecule has 1 aromatic carbocycles. The van der Waals surface area contributed by atoms with Gasteiger partial charge in [-0.1, -0.05) is 6.07 Å². The monoisotopic (exact) mass is 279 g/mol. The van der Waals surface area contributed by atoms with E-state index in [2.05, 4.69) is 5.32 Å². The van der Waals surface area contributed by atoms with Crippen LogP contribution in [0.5, 0.6) is 5.75 Å². The highest BCUT2D eigenvalue weighted by molar-refractivity contribution is 5.39. The lowest BCUT2D eigenvalue weighted by molar-refractivity contribution is -0.0451. The summed E-state index contributed by atoms with van der Waals surface area (Å²) >= 11 is 0. The van der Waals surface area contributed by atoms with Crippen LogP contribution in [0.1, 0.15) is 43.7 Å². The van der Waals surface area contributed by atoms with E-state index in [1.165, 1.54) is 12.1 Å². The van der Waals surface area contributed by atoms with Crippen molar-refractivity contribution < 1.29 is 13.9 Å². The molecule has 110 valence electrons. The average Bonchev–Trinajstić information content (AvgIpc) is 2.47. The van der Waals surface area contributed by atoms with Gasteiger partial charge in [-0.05, 0) is 38.8 Å². The van der Waals surface area contributed by atoms with Gasteiger partial charge in [-0.3, -0.25) is 0 Å². The number of benzene rings is 1. The van der Waals surface area contributed by atoms with Gasteiger partial charge in [0.15, 0.2) is 0 Å². The minimum atomic E-state index is -0.235. The standard InChI is InChI=1S/C16H22FNO2/c1-18-14-10-16(7-5-12(19-2)6-8-16)20-15-9-11(17)3-4-13(14)15/h3-4,9,12,14,18H,5-8,10H2,1-2H3. The zero-order valence-electron chi connectivity index (χ0n) is 12.1. The maximum Gasteiger partial charge on any atom is 0.127 e. The molecule has 0 bridgehead atoms. The molecule has 0 amide bonds. The largest absolute Gasteiger partial charge is 0.487 e. The Labute approximate surface area is 119 Å². The summed E-state index contributed by atoms with van der Waals surface area (Å²) in [5.74, 6) is 0.465. The Hall–Kier alpha value is -1.13. The van der Waals surface area contributed by atoms with Crippen LogP contribution >= 0.6 is 0 Å². The molecule has 1 aromatic rings. The Kier molecular flexibility index (Phi) is 3.69. The molecular formula is C16H22FNO2. The SMILES string of the molecule is CNC1CC2(CCC(OC)CC2)Oc2cc(F)ccc21. The van der Waals surface area contributed by atoms with Gasteiger partial charge in [0.05, 0.1) is 6.10 Å². The molecule has 0 radical (unpaired) electrons. The second-order valence-electron chi connectivity index (χ2n) is 5.95. The van der Waals surface area contributed by atoms with E-state index in [-0.39, 0.29) is 17.5 Å². The van der Waals surface area contributed by atoms with Crippen LogP contribution in [0.15, 0.2) is 18.2 Å². The third kappa shape index (κ3) is 2.42. The fourth-order valence-corrected chi connectivity index (χ4v) is 3.56. The van der Waals surface area contributed by atoms with Crippen LogP contribution in [0.3, 0.4) is 0 Å². The summed E-state index contributed by atoms with van der Waals surface area (Å²) in [4.78, 5) is 0. The van der Waals surface area contributed by atoms with Gasteiger partial charge in [0.25, 0.3) is 0 Å². The highest BCUT2D eigenvalue weighted by atomic mass is 19.1. The van der Waals surface area contributed by atoms with Gasteiger partial charge < -0.3 is 14.8 Å². The van der Waals surface area contributed by atoms with E-state index in [0.717, 1.165) is 37.7 Å². The van der Waals surface area contributed by atoms with Crippen molar-refractivity contribution in [3.63, 3.8) is 0 Å². The van der Waals surface area contributed by atoms with Gasteiger partial charge in [-0.15, -0.1) is 0 Å². The van der Waals surface area contributed by atoms with Gasteiger partial charge in [0.2, 0.25) is 0 Å². The molecular weight excluding hydrogens is 257 g/mol.